The number of hydrogen-bond donors (Lipinski definition) is 1. The van der Waals surface area contributed by atoms with Gasteiger partial charge in [0.05, 0.1) is 0 Å². The maximum absolute atomic E-state index is 13.3. The van der Waals surface area contributed by atoms with E-state index in [-0.39, 0.29) is 11.7 Å². The summed E-state index contributed by atoms with van der Waals surface area (Å²) in [6, 6.07) is 17.9. The number of fused-ring (bicyclic) bond motifs is 1. The number of nitrogens with zero attached hydrogens (tertiary/aromatic N) is 1. The summed E-state index contributed by atoms with van der Waals surface area (Å²) < 4.78 is 18.8. The van der Waals surface area contributed by atoms with Crippen LogP contribution in [0.25, 0.3) is 22.6 Å². The second-order valence-electron chi connectivity index (χ2n) is 5.67. The molecule has 0 unspecified atom stereocenters. The molecule has 26 heavy (non-hydrogen) atoms. The van der Waals surface area contributed by atoms with Gasteiger partial charge in [0, 0.05) is 27.9 Å². The van der Waals surface area contributed by atoms with E-state index in [1.165, 1.54) is 12.1 Å². The van der Waals surface area contributed by atoms with Crippen LogP contribution in [0.5, 0.6) is 0 Å². The van der Waals surface area contributed by atoms with Gasteiger partial charge >= 0.3 is 0 Å². The third-order valence-corrected chi connectivity index (χ3v) is 4.06. The smallest absolute Gasteiger partial charge is 0.255 e. The highest BCUT2D eigenvalue weighted by Crippen LogP contribution is 2.26. The van der Waals surface area contributed by atoms with E-state index in [4.69, 9.17) is 16.0 Å². The number of carbonyl (C=O) groups excluding carboxylic acids is 1. The summed E-state index contributed by atoms with van der Waals surface area (Å²) in [6.45, 7) is 0. The van der Waals surface area contributed by atoms with Gasteiger partial charge in [-0.1, -0.05) is 17.7 Å². The first-order valence-corrected chi connectivity index (χ1v) is 8.20. The fourth-order valence-electron chi connectivity index (χ4n) is 2.55. The predicted octanol–water partition coefficient (Wildman–Crippen LogP) is 5.54. The molecule has 128 valence electrons. The van der Waals surface area contributed by atoms with Crippen molar-refractivity contribution in [3.05, 3.63) is 83.1 Å². The van der Waals surface area contributed by atoms with E-state index in [0.29, 0.717) is 33.3 Å². The Labute approximate surface area is 153 Å². The van der Waals surface area contributed by atoms with Gasteiger partial charge in [-0.3, -0.25) is 4.79 Å². The molecule has 4 nitrogen and oxygen atoms in total. The van der Waals surface area contributed by atoms with Crippen LogP contribution in [0.4, 0.5) is 10.1 Å². The van der Waals surface area contributed by atoms with E-state index in [2.05, 4.69) is 10.3 Å². The van der Waals surface area contributed by atoms with Crippen LogP contribution in [0.2, 0.25) is 5.02 Å². The largest absolute Gasteiger partial charge is 0.436 e. The Morgan fingerprint density at radius 3 is 2.62 bits per heavy atom. The van der Waals surface area contributed by atoms with Crippen LogP contribution in [0.3, 0.4) is 0 Å². The first-order valence-electron chi connectivity index (χ1n) is 7.82. The predicted molar refractivity (Wildman–Crippen MR) is 98.8 cm³/mol. The molecule has 0 aliphatic rings. The molecule has 0 aliphatic heterocycles. The summed E-state index contributed by atoms with van der Waals surface area (Å²) in [4.78, 5) is 16.6. The van der Waals surface area contributed by atoms with Gasteiger partial charge in [-0.15, -0.1) is 0 Å². The second-order valence-corrected chi connectivity index (χ2v) is 6.11. The Morgan fingerprint density at radius 1 is 1.04 bits per heavy atom. The number of nitrogens with one attached hydrogen (secondary N) is 1. The number of benzene rings is 3. The van der Waals surface area contributed by atoms with Gasteiger partial charge in [-0.25, -0.2) is 9.37 Å². The summed E-state index contributed by atoms with van der Waals surface area (Å²) in [5.74, 6) is -0.241. The topological polar surface area (TPSA) is 55.1 Å². The van der Waals surface area contributed by atoms with E-state index < -0.39 is 0 Å². The molecule has 3 aromatic carbocycles. The lowest BCUT2D eigenvalue weighted by Crippen LogP contribution is -2.11. The quantitative estimate of drug-likeness (QED) is 0.518. The summed E-state index contributed by atoms with van der Waals surface area (Å²) in [5, 5.41) is 3.30. The maximum atomic E-state index is 13.3. The third kappa shape index (κ3) is 3.30. The summed E-state index contributed by atoms with van der Waals surface area (Å²) in [7, 11) is 0. The fourth-order valence-corrected chi connectivity index (χ4v) is 2.74. The van der Waals surface area contributed by atoms with Crippen LogP contribution >= 0.6 is 11.6 Å². The van der Waals surface area contributed by atoms with Crippen LogP contribution in [0.15, 0.2) is 71.1 Å². The average Bonchev–Trinajstić information content (AvgIpc) is 3.05. The van der Waals surface area contributed by atoms with Crippen molar-refractivity contribution >= 4 is 34.3 Å². The van der Waals surface area contributed by atoms with Crippen molar-refractivity contribution < 1.29 is 13.6 Å². The molecule has 4 rings (SSSR count). The molecule has 0 saturated heterocycles. The van der Waals surface area contributed by atoms with E-state index in [1.54, 1.807) is 54.6 Å². The summed E-state index contributed by atoms with van der Waals surface area (Å²) in [6.07, 6.45) is 0. The molecule has 0 aliphatic carbocycles. The molecule has 0 atom stereocenters. The monoisotopic (exact) mass is 366 g/mol. The van der Waals surface area contributed by atoms with E-state index in [1.807, 2.05) is 0 Å². The number of rotatable bonds is 3. The number of anilines is 1. The summed E-state index contributed by atoms with van der Waals surface area (Å²) in [5.41, 5.74) is 2.80. The highest BCUT2D eigenvalue weighted by Gasteiger charge is 2.10. The Kier molecular flexibility index (Phi) is 4.14. The highest BCUT2D eigenvalue weighted by molar-refractivity contribution is 6.31. The lowest BCUT2D eigenvalue weighted by Gasteiger charge is -2.06. The standard InChI is InChI=1S/C20H12ClFN2O2/c21-14-3-1-2-13(10-14)19(25)23-16-7-4-12(5-8-16)20-24-17-9-6-15(22)11-18(17)26-20/h1-11H,(H,23,25). The van der Waals surface area contributed by atoms with Crippen molar-refractivity contribution in [1.82, 2.24) is 4.98 Å². The molecule has 1 amide bonds. The molecule has 6 heteroatoms. The summed E-state index contributed by atoms with van der Waals surface area (Å²) >= 11 is 5.90. The zero-order valence-electron chi connectivity index (χ0n) is 13.4. The maximum Gasteiger partial charge on any atom is 0.255 e. The van der Waals surface area contributed by atoms with Crippen LogP contribution in [-0.4, -0.2) is 10.9 Å². The molecule has 4 aromatic rings. The first-order chi connectivity index (χ1) is 12.6. The number of amides is 1. The molecule has 0 fully saturated rings. The molecular formula is C20H12ClFN2O2. The minimum absolute atomic E-state index is 0.252. The van der Waals surface area contributed by atoms with Crippen LogP contribution < -0.4 is 5.32 Å². The van der Waals surface area contributed by atoms with E-state index >= 15 is 0 Å². The minimum atomic E-state index is -0.376. The SMILES string of the molecule is O=C(Nc1ccc(-c2nc3ccc(F)cc3o2)cc1)c1cccc(Cl)c1. The van der Waals surface area contributed by atoms with Gasteiger partial charge < -0.3 is 9.73 Å². The van der Waals surface area contributed by atoms with Gasteiger partial charge in [-0.05, 0) is 54.6 Å². The molecular weight excluding hydrogens is 355 g/mol. The zero-order valence-corrected chi connectivity index (χ0v) is 14.1. The Balaban J connectivity index is 1.55. The number of oxazole rings is 1. The third-order valence-electron chi connectivity index (χ3n) is 3.83. The number of halogens is 2. The van der Waals surface area contributed by atoms with Gasteiger partial charge in [0.2, 0.25) is 5.89 Å². The molecule has 1 aromatic heterocycles. The van der Waals surface area contributed by atoms with Crippen molar-refractivity contribution in [2.45, 2.75) is 0 Å². The van der Waals surface area contributed by atoms with Gasteiger partial charge in [-0.2, -0.15) is 0 Å². The fraction of sp³-hybridized carbons (Fsp3) is 0. The van der Waals surface area contributed by atoms with Gasteiger partial charge in [0.25, 0.3) is 5.91 Å². The molecule has 0 bridgehead atoms. The second kappa shape index (κ2) is 6.61. The molecule has 0 radical (unpaired) electrons. The Bertz CT molecular complexity index is 1110. The highest BCUT2D eigenvalue weighted by atomic mass is 35.5. The molecule has 1 heterocycles. The molecule has 0 spiro atoms. The van der Waals surface area contributed by atoms with Gasteiger partial charge in [0.1, 0.15) is 11.3 Å². The van der Waals surface area contributed by atoms with Crippen LogP contribution in [0.1, 0.15) is 10.4 Å². The number of aromatic nitrogens is 1. The van der Waals surface area contributed by atoms with E-state index in [0.717, 1.165) is 5.56 Å². The number of hydrogen-bond acceptors (Lipinski definition) is 3. The van der Waals surface area contributed by atoms with Crippen molar-refractivity contribution in [1.29, 1.82) is 0 Å². The van der Waals surface area contributed by atoms with Crippen molar-refractivity contribution in [3.63, 3.8) is 0 Å². The van der Waals surface area contributed by atoms with Gasteiger partial charge in [0.15, 0.2) is 5.58 Å². The van der Waals surface area contributed by atoms with Crippen molar-refractivity contribution in [2.75, 3.05) is 5.32 Å². The van der Waals surface area contributed by atoms with Crippen molar-refractivity contribution in [3.8, 4) is 11.5 Å². The van der Waals surface area contributed by atoms with Crippen LogP contribution in [0, 0.1) is 5.82 Å². The van der Waals surface area contributed by atoms with E-state index in [9.17, 15) is 9.18 Å². The Hall–Kier alpha value is -3.18. The normalized spacial score (nSPS) is 10.8. The average molecular weight is 367 g/mol. The molecule has 0 saturated carbocycles. The van der Waals surface area contributed by atoms with Crippen molar-refractivity contribution in [2.24, 2.45) is 0 Å². The minimum Gasteiger partial charge on any atom is -0.436 e. The lowest BCUT2D eigenvalue weighted by atomic mass is 10.2. The molecule has 1 N–H and O–H groups in total. The Morgan fingerprint density at radius 2 is 1.85 bits per heavy atom. The zero-order chi connectivity index (χ0) is 18.1. The van der Waals surface area contributed by atoms with Crippen LogP contribution in [-0.2, 0) is 0 Å². The first kappa shape index (κ1) is 16.3. The number of carbonyl (C=O) groups is 1. The lowest BCUT2D eigenvalue weighted by molar-refractivity contribution is 0.102.